The number of aromatic nitrogens is 2. The Labute approximate surface area is 561 Å². The van der Waals surface area contributed by atoms with Crippen LogP contribution in [0, 0.1) is 0 Å². The van der Waals surface area contributed by atoms with E-state index >= 15 is 0 Å². The third-order valence-corrected chi connectivity index (χ3v) is 33.7. The average molecular weight is 1450 g/mol. The van der Waals surface area contributed by atoms with E-state index in [2.05, 4.69) is 41.6 Å². The number of rotatable bonds is 36. The van der Waals surface area contributed by atoms with Crippen molar-refractivity contribution in [3.63, 3.8) is 0 Å². The van der Waals surface area contributed by atoms with Crippen LogP contribution in [-0.2, 0) is 31.3 Å². The first-order valence-corrected chi connectivity index (χ1v) is 48.0. The molecule has 0 radical (unpaired) electrons. The molecule has 96 heavy (non-hydrogen) atoms. The van der Waals surface area contributed by atoms with Crippen molar-refractivity contribution in [2.45, 2.75) is 116 Å². The summed E-state index contributed by atoms with van der Waals surface area (Å²) in [6, 6.07) is 32.2. The minimum Gasteiger partial charge on any atom is -0.779 e. The third-order valence-electron chi connectivity index (χ3n) is 18.5. The van der Waals surface area contributed by atoms with Gasteiger partial charge >= 0.3 is 31.7 Å². The second kappa shape index (κ2) is 29.6. The summed E-state index contributed by atoms with van der Waals surface area (Å²) in [4.78, 5) is 127. The van der Waals surface area contributed by atoms with E-state index in [9.17, 15) is 67.3 Å². The van der Waals surface area contributed by atoms with E-state index in [1.54, 1.807) is 0 Å². The van der Waals surface area contributed by atoms with Gasteiger partial charge in [0.15, 0.2) is 40.0 Å². The largest absolute Gasteiger partial charge is 0.779 e. The number of carbonyl (C=O) groups excluding carboxylic acids is 1. The van der Waals surface area contributed by atoms with Crippen molar-refractivity contribution >= 4 is 118 Å². The Bertz CT molecular complexity index is 4150. The molecular formula is C63H88N10O16P4Si3. The van der Waals surface area contributed by atoms with Crippen LogP contribution < -0.4 is 21.0 Å². The first-order chi connectivity index (χ1) is 45.2. The zero-order valence-corrected chi connectivity index (χ0v) is 61.6. The number of benzene rings is 4. The van der Waals surface area contributed by atoms with Gasteiger partial charge in [0.2, 0.25) is 0 Å². The van der Waals surface area contributed by atoms with Gasteiger partial charge in [-0.1, -0.05) is 104 Å². The van der Waals surface area contributed by atoms with Crippen LogP contribution in [0.1, 0.15) is 99.8 Å². The molecule has 4 aliphatic rings. The summed E-state index contributed by atoms with van der Waals surface area (Å²) in [5.41, 5.74) is 3.83. The molecule has 0 saturated heterocycles. The van der Waals surface area contributed by atoms with Gasteiger partial charge < -0.3 is 70.8 Å². The molecule has 6 heterocycles. The molecule has 6 aromatic rings. The summed E-state index contributed by atoms with van der Waals surface area (Å²) in [7, 11) is -29.8. The van der Waals surface area contributed by atoms with Gasteiger partial charge in [-0.3, -0.25) is 22.2 Å². The molecule has 4 aliphatic heterocycles. The number of hydrogen-bond acceptors (Lipinski definition) is 15. The molecule has 2 aromatic heterocycles. The fourth-order valence-corrected chi connectivity index (χ4v) is 29.0. The summed E-state index contributed by atoms with van der Waals surface area (Å²) in [6.07, 6.45) is 1.91. The summed E-state index contributed by atoms with van der Waals surface area (Å²) < 4.78 is 71.3. The van der Waals surface area contributed by atoms with Crippen LogP contribution in [0.4, 0.5) is 11.6 Å². The first kappa shape index (κ1) is 73.5. The molecule has 3 atom stereocenters. The highest BCUT2D eigenvalue weighted by atomic mass is 31.2. The van der Waals surface area contributed by atoms with E-state index in [0.717, 1.165) is 28.7 Å². The zero-order chi connectivity index (χ0) is 69.1. The van der Waals surface area contributed by atoms with Gasteiger partial charge in [-0.05, 0) is 83.2 Å². The van der Waals surface area contributed by atoms with Crippen LogP contribution in [0.5, 0.6) is 0 Å². The third kappa shape index (κ3) is 17.9. The number of hydrogen-bond donors (Lipinski definition) is 7. The fraction of sp³-hybridized carbons (Fsp3) is 0.476. The van der Waals surface area contributed by atoms with Crippen molar-refractivity contribution in [3.8, 4) is 0 Å². The number of nitrogens with zero attached hydrogens (tertiary/aromatic N) is 10. The average Bonchev–Trinajstić information content (AvgIpc) is 1.52. The molecule has 10 rings (SSSR count). The van der Waals surface area contributed by atoms with Crippen LogP contribution in [0.25, 0.3) is 21.5 Å². The Morgan fingerprint density at radius 3 is 1.18 bits per heavy atom. The van der Waals surface area contributed by atoms with Gasteiger partial charge in [-0.15, -0.1) is 0 Å². The van der Waals surface area contributed by atoms with Gasteiger partial charge in [0.25, 0.3) is 0 Å². The van der Waals surface area contributed by atoms with Crippen molar-refractivity contribution in [1.29, 1.82) is 0 Å². The maximum absolute atomic E-state index is 12.4. The molecule has 0 aliphatic carbocycles. The number of carboxylic acids is 1. The van der Waals surface area contributed by atoms with Gasteiger partial charge in [-0.2, -0.15) is 0 Å². The Morgan fingerprint density at radius 2 is 0.802 bits per heavy atom. The first-order valence-electron chi connectivity index (χ1n) is 32.9. The van der Waals surface area contributed by atoms with Crippen molar-refractivity contribution in [2.75, 3.05) is 77.0 Å². The van der Waals surface area contributed by atoms with Crippen molar-refractivity contribution < 1.29 is 84.5 Å². The molecule has 33 heteroatoms. The highest BCUT2D eigenvalue weighted by Gasteiger charge is 2.58. The Morgan fingerprint density at radius 1 is 0.458 bits per heavy atom. The summed E-state index contributed by atoms with van der Waals surface area (Å²) in [6.45, 7) is 13.7. The van der Waals surface area contributed by atoms with Crippen LogP contribution in [0.2, 0.25) is 38.3 Å². The lowest BCUT2D eigenvalue weighted by Gasteiger charge is -2.44. The van der Waals surface area contributed by atoms with Crippen molar-refractivity contribution in [1.82, 2.24) is 8.47 Å². The lowest BCUT2D eigenvalue weighted by Crippen LogP contribution is -2.70. The van der Waals surface area contributed by atoms with Crippen molar-refractivity contribution in [3.05, 3.63) is 130 Å². The molecule has 518 valence electrons. The molecule has 7 N–H and O–H groups in total. The molecular weight excluding hydrogens is 1360 g/mol. The van der Waals surface area contributed by atoms with Gasteiger partial charge in [0.05, 0.1) is 70.8 Å². The fourth-order valence-electron chi connectivity index (χ4n) is 14.3. The minimum absolute atomic E-state index is 0.00756. The standard InChI is InChI=1S/C63H88N10O16P4Si3/c1-6-33-72(35-18-41-90(76,77)78,34-17-7-8-32-55(74)75)39-22-45-94(2,3)88-96(89-95(4,5)46-23-40-73(36-19-42-91(79,80)81,37-20-43-92(82,83)84)38-21-44-93(85,86)87)70-60-51-28-13-14-29-52(51)62(70)68-58-49-26-11-12-27-50(49)59(65-58)69-63-54-31-16-15-30-53(54)61(71(63)96)67-57-48-25-10-9-24-47(48)56(64-57)66-60/h9-16,24-31H,6-8,17-23,32-46H2,1-5H3,(H7-2,74,75,76,77,78,79,80,81,82,83,84,85,86,87)/b66-56-,66-60?,67-57?,67-61-,68-58-,68-62?,69-59?,69-63-. The molecule has 0 fully saturated rings. The second-order valence-electron chi connectivity index (χ2n) is 27.2. The smallest absolute Gasteiger partial charge is 0.582 e. The van der Waals surface area contributed by atoms with Crippen molar-refractivity contribution in [2.24, 2.45) is 30.0 Å². The Kier molecular flexibility index (Phi) is 22.6. The number of carbonyl (C=O) groups is 1. The zero-order valence-electron chi connectivity index (χ0n) is 55.0. The monoisotopic (exact) mass is 1450 g/mol. The van der Waals surface area contributed by atoms with E-state index in [-0.39, 0.29) is 68.9 Å². The number of amidine groups is 4. The molecule has 0 amide bonds. The molecule has 6 bridgehead atoms. The van der Waals surface area contributed by atoms with Crippen LogP contribution in [0.15, 0.2) is 127 Å². The molecule has 0 spiro atoms. The van der Waals surface area contributed by atoms with Gasteiger partial charge in [0, 0.05) is 81.6 Å². The minimum atomic E-state index is -4.87. The normalized spacial score (nSPS) is 19.3. The maximum atomic E-state index is 12.4. The number of aliphatic imine (C=N–C) groups is 4. The molecule has 26 nitrogen and oxygen atoms in total. The summed E-state index contributed by atoms with van der Waals surface area (Å²) in [5.74, 6) is 1.31. The molecule has 3 unspecified atom stereocenters. The van der Waals surface area contributed by atoms with E-state index in [0.29, 0.717) is 142 Å². The second-order valence-corrected chi connectivity index (χ2v) is 45.9. The van der Waals surface area contributed by atoms with Gasteiger partial charge in [0.1, 0.15) is 30.2 Å². The van der Waals surface area contributed by atoms with Gasteiger partial charge in [-0.25, -0.2) is 30.0 Å². The SMILES string of the molecule is CCC[N+](CCCCCC(=O)[O-])(CCC[Si](C)(C)O[Si]1(O[Si](C)(C)CCC[N+](CCCP(=O)([O-])O)(CCCP(=O)(O)O)CCCP(=O)(O)O)n2c3c4ccccc4c2/N=C2N=C(/N=c4/c5ccccc5/c(n41)=N/C1=NC(=N\3)/c3ccccc31)c1ccccc1\2)CCCP(=O)(O)O. The maximum Gasteiger partial charge on any atom is 0.582 e. The van der Waals surface area contributed by atoms with Crippen LogP contribution in [-0.4, -0.2) is 184 Å². The number of quaternary nitrogens is 2. The Balaban J connectivity index is 1.21. The van der Waals surface area contributed by atoms with E-state index < -0.39 is 80.4 Å². The summed E-state index contributed by atoms with van der Waals surface area (Å²) in [5, 5.41) is 14.3. The number of unbranched alkanes of at least 4 members (excludes halogenated alkanes) is 2. The lowest BCUT2D eigenvalue weighted by atomic mass is 10.1. The van der Waals surface area contributed by atoms with Crippen LogP contribution in [0.3, 0.4) is 0 Å². The Hall–Kier alpha value is -5.20. The van der Waals surface area contributed by atoms with E-state index in [1.165, 1.54) is 0 Å². The molecule has 0 saturated carbocycles. The highest BCUT2D eigenvalue weighted by Crippen LogP contribution is 2.46. The molecule has 4 aromatic carbocycles. The predicted molar refractivity (Wildman–Crippen MR) is 374 cm³/mol. The van der Waals surface area contributed by atoms with Crippen LogP contribution >= 0.6 is 30.4 Å². The number of fused-ring (bicyclic) bond motifs is 14. The van der Waals surface area contributed by atoms with E-state index in [4.69, 9.17) is 38.2 Å². The van der Waals surface area contributed by atoms with E-state index in [1.807, 2.05) is 97.1 Å². The topological polar surface area (TPSA) is 376 Å². The quantitative estimate of drug-likeness (QED) is 0.00862. The lowest BCUT2D eigenvalue weighted by molar-refractivity contribution is -0.928. The number of aliphatic carboxylic acids is 1. The summed E-state index contributed by atoms with van der Waals surface area (Å²) >= 11 is 0. The number of carboxylic acid groups (broad SMARTS) is 1. The predicted octanol–water partition coefficient (Wildman–Crippen LogP) is 7.59. The highest BCUT2D eigenvalue weighted by molar-refractivity contribution is 7.52.